The van der Waals surface area contributed by atoms with Gasteiger partial charge in [-0.05, 0) is 79.6 Å². The summed E-state index contributed by atoms with van der Waals surface area (Å²) in [5, 5.41) is 19.2. The molecule has 0 bridgehead atoms. The predicted octanol–water partition coefficient (Wildman–Crippen LogP) is 3.51. The number of hydrogen-bond acceptors (Lipinski definition) is 7. The quantitative estimate of drug-likeness (QED) is 0.183. The van der Waals surface area contributed by atoms with Crippen LogP contribution >= 0.6 is 11.3 Å². The Morgan fingerprint density at radius 3 is 2.69 bits per heavy atom. The molecule has 0 radical (unpaired) electrons. The van der Waals surface area contributed by atoms with Crippen molar-refractivity contribution < 1.29 is 14.6 Å². The van der Waals surface area contributed by atoms with Crippen molar-refractivity contribution in [1.29, 1.82) is 0 Å². The molecule has 1 saturated heterocycles. The average Bonchev–Trinajstić information content (AvgIpc) is 3.55. The normalized spacial score (nSPS) is 15.0. The van der Waals surface area contributed by atoms with Crippen LogP contribution in [0.15, 0.2) is 58.7 Å². The summed E-state index contributed by atoms with van der Waals surface area (Å²) >= 11 is 1.53. The highest BCUT2D eigenvalue weighted by Gasteiger charge is 2.25. The van der Waals surface area contributed by atoms with E-state index in [1.54, 1.807) is 18.2 Å². The number of aryl methyl sites for hydroxylation is 1. The summed E-state index contributed by atoms with van der Waals surface area (Å²) in [6.45, 7) is 4.81. The number of H-pyrrole nitrogens is 2. The summed E-state index contributed by atoms with van der Waals surface area (Å²) in [5.74, 6) is 0.692. The number of aliphatic hydroxyl groups is 1. The number of imidazole rings is 1. The number of thiophene rings is 1. The highest BCUT2D eigenvalue weighted by molar-refractivity contribution is 7.12. The first-order valence-electron chi connectivity index (χ1n) is 13.4. The molecule has 1 atom stereocenters. The lowest BCUT2D eigenvalue weighted by Gasteiger charge is -2.33. The van der Waals surface area contributed by atoms with Gasteiger partial charge in [-0.2, -0.15) is 0 Å². The SMILES string of the molecule is Cc1ccsc1C(=O)N1CCC(Nc2ccc(CCNCC(O)COc3cccc4[nH]c(=O)[nH]c34)cc2)CC1. The number of hydrogen-bond donors (Lipinski definition) is 5. The number of aromatic amines is 2. The van der Waals surface area contributed by atoms with Gasteiger partial charge in [0.1, 0.15) is 24.0 Å². The van der Waals surface area contributed by atoms with E-state index in [1.165, 1.54) is 16.9 Å². The molecule has 4 aromatic rings. The number of carbonyl (C=O) groups excluding carboxylic acids is 1. The molecule has 5 rings (SSSR count). The first kappa shape index (κ1) is 27.0. The van der Waals surface area contributed by atoms with Crippen molar-refractivity contribution in [1.82, 2.24) is 20.2 Å². The van der Waals surface area contributed by atoms with Crippen LogP contribution in [0.1, 0.15) is 33.6 Å². The maximum Gasteiger partial charge on any atom is 0.323 e. The molecule has 0 aliphatic carbocycles. The van der Waals surface area contributed by atoms with Gasteiger partial charge in [-0.3, -0.25) is 4.79 Å². The van der Waals surface area contributed by atoms with Crippen molar-refractivity contribution in [2.45, 2.75) is 38.3 Å². The minimum absolute atomic E-state index is 0.125. The molecule has 3 heterocycles. The smallest absolute Gasteiger partial charge is 0.323 e. The van der Waals surface area contributed by atoms with Crippen LogP contribution in [-0.4, -0.2) is 70.8 Å². The number of aliphatic hydroxyl groups excluding tert-OH is 1. The maximum absolute atomic E-state index is 12.7. The molecule has 0 spiro atoms. The lowest BCUT2D eigenvalue weighted by atomic mass is 10.0. The van der Waals surface area contributed by atoms with Gasteiger partial charge in [0.05, 0.1) is 10.4 Å². The minimum atomic E-state index is -0.673. The summed E-state index contributed by atoms with van der Waals surface area (Å²) in [7, 11) is 0. The van der Waals surface area contributed by atoms with Gasteiger partial charge in [0, 0.05) is 31.4 Å². The zero-order valence-corrected chi connectivity index (χ0v) is 22.9. The van der Waals surface area contributed by atoms with E-state index in [0.717, 1.165) is 55.0 Å². The van der Waals surface area contributed by atoms with Crippen molar-refractivity contribution in [3.63, 3.8) is 0 Å². The second-order valence-electron chi connectivity index (χ2n) is 10.0. The van der Waals surface area contributed by atoms with Gasteiger partial charge in [-0.15, -0.1) is 11.3 Å². The van der Waals surface area contributed by atoms with E-state index in [1.807, 2.05) is 23.3 Å². The van der Waals surface area contributed by atoms with Crippen LogP contribution in [0.25, 0.3) is 11.0 Å². The number of nitrogens with zero attached hydrogens (tertiary/aromatic N) is 1. The van der Waals surface area contributed by atoms with Gasteiger partial charge in [-0.25, -0.2) is 4.79 Å². The Balaban J connectivity index is 0.988. The van der Waals surface area contributed by atoms with Crippen LogP contribution in [0, 0.1) is 6.92 Å². The van der Waals surface area contributed by atoms with E-state index in [2.05, 4.69) is 44.9 Å². The number of amides is 1. The molecule has 39 heavy (non-hydrogen) atoms. The van der Waals surface area contributed by atoms with Crippen molar-refractivity contribution in [2.75, 3.05) is 38.1 Å². The number of carbonyl (C=O) groups is 1. The molecule has 9 nitrogen and oxygen atoms in total. The molecule has 1 unspecified atom stereocenters. The number of piperidine rings is 1. The first-order chi connectivity index (χ1) is 19.0. The van der Waals surface area contributed by atoms with E-state index >= 15 is 0 Å². The Bertz CT molecular complexity index is 1440. The number of aromatic nitrogens is 2. The maximum atomic E-state index is 12.7. The summed E-state index contributed by atoms with van der Waals surface area (Å²) in [5.41, 5.74) is 4.36. The monoisotopic (exact) mass is 549 g/mol. The molecular formula is C29H35N5O4S. The number of rotatable bonds is 11. The van der Waals surface area contributed by atoms with Crippen molar-refractivity contribution in [2.24, 2.45) is 0 Å². The summed E-state index contributed by atoms with van der Waals surface area (Å²) in [6.07, 6.45) is 2.05. The third-order valence-electron chi connectivity index (χ3n) is 7.08. The molecule has 5 N–H and O–H groups in total. The molecular weight excluding hydrogens is 514 g/mol. The largest absolute Gasteiger partial charge is 0.489 e. The van der Waals surface area contributed by atoms with Gasteiger partial charge < -0.3 is 35.3 Å². The van der Waals surface area contributed by atoms with Crippen molar-refractivity contribution >= 4 is 34.0 Å². The number of para-hydroxylation sites is 1. The third-order valence-corrected chi connectivity index (χ3v) is 8.08. The lowest BCUT2D eigenvalue weighted by molar-refractivity contribution is 0.0722. The average molecular weight is 550 g/mol. The minimum Gasteiger partial charge on any atom is -0.489 e. The van der Waals surface area contributed by atoms with Crippen LogP contribution < -0.4 is 21.1 Å². The molecule has 1 amide bonds. The van der Waals surface area contributed by atoms with E-state index in [9.17, 15) is 14.7 Å². The van der Waals surface area contributed by atoms with Gasteiger partial charge in [0.15, 0.2) is 0 Å². The van der Waals surface area contributed by atoms with Crippen LogP contribution in [-0.2, 0) is 6.42 Å². The molecule has 2 aromatic heterocycles. The predicted molar refractivity (Wildman–Crippen MR) is 155 cm³/mol. The van der Waals surface area contributed by atoms with E-state index in [-0.39, 0.29) is 18.2 Å². The molecule has 10 heteroatoms. The Morgan fingerprint density at radius 2 is 1.95 bits per heavy atom. The zero-order valence-electron chi connectivity index (χ0n) is 22.0. The highest BCUT2D eigenvalue weighted by atomic mass is 32.1. The molecule has 0 saturated carbocycles. The second kappa shape index (κ2) is 12.5. The topological polar surface area (TPSA) is 122 Å². The number of benzene rings is 2. The Morgan fingerprint density at radius 1 is 1.15 bits per heavy atom. The van der Waals surface area contributed by atoms with Crippen LogP contribution in [0.5, 0.6) is 5.75 Å². The standard InChI is InChI=1S/C29H35N5O4S/c1-19-12-16-39-27(19)28(36)34-14-10-22(11-15-34)31-21-7-5-20(6-8-21)9-13-30-17-23(35)18-38-25-4-2-3-24-26(25)33-29(37)32-24/h2-8,12,16,22-23,30-31,35H,9-11,13-15,17-18H2,1H3,(H2,32,33,37). The Kier molecular flexibility index (Phi) is 8.65. The van der Waals surface area contributed by atoms with Crippen molar-refractivity contribution in [3.8, 4) is 5.75 Å². The van der Waals surface area contributed by atoms with Crippen LogP contribution in [0.2, 0.25) is 0 Å². The van der Waals surface area contributed by atoms with Gasteiger partial charge in [0.25, 0.3) is 5.91 Å². The zero-order chi connectivity index (χ0) is 27.2. The fourth-order valence-corrected chi connectivity index (χ4v) is 5.76. The molecule has 2 aromatic carbocycles. The van der Waals surface area contributed by atoms with E-state index < -0.39 is 6.10 Å². The second-order valence-corrected chi connectivity index (χ2v) is 10.9. The van der Waals surface area contributed by atoms with Gasteiger partial charge in [-0.1, -0.05) is 18.2 Å². The number of nitrogens with one attached hydrogen (secondary N) is 4. The molecule has 206 valence electrons. The molecule has 1 fully saturated rings. The van der Waals surface area contributed by atoms with Crippen LogP contribution in [0.3, 0.4) is 0 Å². The summed E-state index contributed by atoms with van der Waals surface area (Å²) in [6, 6.07) is 16.2. The lowest BCUT2D eigenvalue weighted by Crippen LogP contribution is -2.42. The number of fused-ring (bicyclic) bond motifs is 1. The van der Waals surface area contributed by atoms with E-state index in [4.69, 9.17) is 4.74 Å². The third kappa shape index (κ3) is 6.89. The highest BCUT2D eigenvalue weighted by Crippen LogP contribution is 2.23. The summed E-state index contributed by atoms with van der Waals surface area (Å²) in [4.78, 5) is 32.5. The fourth-order valence-electron chi connectivity index (χ4n) is 4.86. The molecule has 1 aliphatic rings. The van der Waals surface area contributed by atoms with Crippen LogP contribution in [0.4, 0.5) is 5.69 Å². The fraction of sp³-hybridized carbons (Fsp3) is 0.379. The number of ether oxygens (including phenoxy) is 1. The van der Waals surface area contributed by atoms with E-state index in [0.29, 0.717) is 29.4 Å². The van der Waals surface area contributed by atoms with Gasteiger partial charge >= 0.3 is 5.69 Å². The Labute approximate surface area is 231 Å². The summed E-state index contributed by atoms with van der Waals surface area (Å²) < 4.78 is 5.72. The molecule has 1 aliphatic heterocycles. The first-order valence-corrected chi connectivity index (χ1v) is 14.3. The number of anilines is 1. The Hall–Kier alpha value is -3.60. The van der Waals surface area contributed by atoms with Gasteiger partial charge in [0.2, 0.25) is 0 Å². The number of likely N-dealkylation sites (tertiary alicyclic amines) is 1. The van der Waals surface area contributed by atoms with Crippen molar-refractivity contribution in [3.05, 3.63) is 80.4 Å².